The van der Waals surface area contributed by atoms with Crippen LogP contribution in [0.4, 0.5) is 4.39 Å². The molecule has 0 bridgehead atoms. The van der Waals surface area contributed by atoms with Gasteiger partial charge in [-0.1, -0.05) is 37.6 Å². The number of rotatable bonds is 6. The number of hydrogen-bond donors (Lipinski definition) is 0. The van der Waals surface area contributed by atoms with E-state index < -0.39 is 5.82 Å². The lowest BCUT2D eigenvalue weighted by molar-refractivity contribution is -0.116. The fraction of sp³-hybridized carbons (Fsp3) is 0.462. The first-order valence-corrected chi connectivity index (χ1v) is 7.03. The second-order valence-electron chi connectivity index (χ2n) is 3.96. The van der Waals surface area contributed by atoms with Crippen LogP contribution in [0.25, 0.3) is 0 Å². The van der Waals surface area contributed by atoms with Gasteiger partial charge in [0.1, 0.15) is 11.6 Å². The normalized spacial score (nSPS) is 12.5. The first-order chi connectivity index (χ1) is 8.04. The molecular formula is C13H16ClFOS. The summed E-state index contributed by atoms with van der Waals surface area (Å²) in [5.41, 5.74) is 0.382. The number of Topliss-reactive ketones (excluding diaryl/α,β-unsaturated/α-hetero) is 1. The number of ketones is 1. The Balaban J connectivity index is 2.54. The molecule has 0 saturated carbocycles. The van der Waals surface area contributed by atoms with Crippen LogP contribution >= 0.6 is 23.4 Å². The van der Waals surface area contributed by atoms with Crippen LogP contribution in [-0.4, -0.2) is 16.8 Å². The highest BCUT2D eigenvalue weighted by atomic mass is 35.5. The number of carbonyl (C=O) groups excluding carboxylic acids is 1. The number of carbonyl (C=O) groups is 1. The Morgan fingerprint density at radius 2 is 2.24 bits per heavy atom. The maximum Gasteiger partial charge on any atom is 0.147 e. The molecule has 0 amide bonds. The van der Waals surface area contributed by atoms with Gasteiger partial charge in [0.15, 0.2) is 0 Å². The largest absolute Gasteiger partial charge is 0.298 e. The van der Waals surface area contributed by atoms with E-state index in [1.807, 2.05) is 0 Å². The van der Waals surface area contributed by atoms with E-state index in [2.05, 4.69) is 13.8 Å². The molecule has 0 aliphatic heterocycles. The lowest BCUT2D eigenvalue weighted by Gasteiger charge is -2.08. The van der Waals surface area contributed by atoms with Gasteiger partial charge in [0.25, 0.3) is 0 Å². The van der Waals surface area contributed by atoms with Crippen molar-refractivity contribution in [3.05, 3.63) is 34.6 Å². The van der Waals surface area contributed by atoms with E-state index in [1.54, 1.807) is 23.9 Å². The highest BCUT2D eigenvalue weighted by Gasteiger charge is 2.11. The van der Waals surface area contributed by atoms with Crippen molar-refractivity contribution < 1.29 is 9.18 Å². The maximum atomic E-state index is 13.5. The summed E-state index contributed by atoms with van der Waals surface area (Å²) < 4.78 is 13.5. The van der Waals surface area contributed by atoms with Crippen LogP contribution in [0.3, 0.4) is 0 Å². The summed E-state index contributed by atoms with van der Waals surface area (Å²) >= 11 is 7.26. The Bertz CT molecular complexity index is 395. The summed E-state index contributed by atoms with van der Waals surface area (Å²) in [5, 5.41) is 0.535. The van der Waals surface area contributed by atoms with E-state index in [0.29, 0.717) is 16.6 Å². The van der Waals surface area contributed by atoms with E-state index in [0.717, 1.165) is 6.42 Å². The summed E-state index contributed by atoms with van der Waals surface area (Å²) in [5.74, 6) is -0.00597. The van der Waals surface area contributed by atoms with Gasteiger partial charge in [-0.25, -0.2) is 4.39 Å². The zero-order valence-corrected chi connectivity index (χ0v) is 11.6. The predicted molar refractivity (Wildman–Crippen MR) is 72.3 cm³/mol. The summed E-state index contributed by atoms with van der Waals surface area (Å²) in [6, 6.07) is 4.75. The second kappa shape index (κ2) is 7.02. The molecule has 94 valence electrons. The van der Waals surface area contributed by atoms with Crippen LogP contribution in [0, 0.1) is 5.82 Å². The third kappa shape index (κ3) is 4.68. The fourth-order valence-corrected chi connectivity index (χ4v) is 2.30. The predicted octanol–water partition coefficient (Wildman–Crippen LogP) is 4.12. The molecule has 1 unspecified atom stereocenters. The highest BCUT2D eigenvalue weighted by Crippen LogP contribution is 2.19. The molecule has 1 atom stereocenters. The van der Waals surface area contributed by atoms with Crippen molar-refractivity contribution in [2.45, 2.75) is 31.9 Å². The Morgan fingerprint density at radius 3 is 2.88 bits per heavy atom. The first-order valence-electron chi connectivity index (χ1n) is 5.60. The standard InChI is InChI=1S/C13H16ClFOS/c1-3-9(2)17-8-11(16)7-10-5-4-6-12(14)13(10)15/h4-6,9H,3,7-8H2,1-2H3. The van der Waals surface area contributed by atoms with Crippen molar-refractivity contribution >= 4 is 29.1 Å². The molecule has 1 nitrogen and oxygen atoms in total. The Hall–Kier alpha value is -0.540. The lowest BCUT2D eigenvalue weighted by Crippen LogP contribution is -2.09. The van der Waals surface area contributed by atoms with Gasteiger partial charge in [0, 0.05) is 11.7 Å². The molecule has 17 heavy (non-hydrogen) atoms. The molecule has 1 rings (SSSR count). The van der Waals surface area contributed by atoms with E-state index in [9.17, 15) is 9.18 Å². The average molecular weight is 275 g/mol. The van der Waals surface area contributed by atoms with Gasteiger partial charge in [0.2, 0.25) is 0 Å². The van der Waals surface area contributed by atoms with Crippen LogP contribution in [0.5, 0.6) is 0 Å². The molecule has 1 aromatic carbocycles. The number of benzene rings is 1. The molecule has 4 heteroatoms. The zero-order chi connectivity index (χ0) is 12.8. The minimum Gasteiger partial charge on any atom is -0.298 e. The third-order valence-electron chi connectivity index (χ3n) is 2.52. The summed E-state index contributed by atoms with van der Waals surface area (Å²) in [6.45, 7) is 4.16. The summed E-state index contributed by atoms with van der Waals surface area (Å²) in [6.07, 6.45) is 1.15. The first kappa shape index (κ1) is 14.5. The van der Waals surface area contributed by atoms with Gasteiger partial charge in [0.05, 0.1) is 10.8 Å². The molecule has 0 fully saturated rings. The molecule has 0 heterocycles. The number of halogens is 2. The Kier molecular flexibility index (Phi) is 6.00. The average Bonchev–Trinajstić information content (AvgIpc) is 2.32. The molecular weight excluding hydrogens is 259 g/mol. The summed E-state index contributed by atoms with van der Waals surface area (Å²) in [4.78, 5) is 11.7. The van der Waals surface area contributed by atoms with Crippen molar-refractivity contribution in [3.63, 3.8) is 0 Å². The molecule has 0 saturated heterocycles. The van der Waals surface area contributed by atoms with Gasteiger partial charge in [-0.05, 0) is 18.1 Å². The highest BCUT2D eigenvalue weighted by molar-refractivity contribution is 8.00. The van der Waals surface area contributed by atoms with E-state index >= 15 is 0 Å². The monoisotopic (exact) mass is 274 g/mol. The van der Waals surface area contributed by atoms with Crippen LogP contribution in [-0.2, 0) is 11.2 Å². The number of hydrogen-bond acceptors (Lipinski definition) is 2. The quantitative estimate of drug-likeness (QED) is 0.776. The van der Waals surface area contributed by atoms with Gasteiger partial charge in [-0.15, -0.1) is 0 Å². The van der Waals surface area contributed by atoms with E-state index in [1.165, 1.54) is 6.07 Å². The van der Waals surface area contributed by atoms with Gasteiger partial charge in [-0.2, -0.15) is 11.8 Å². The van der Waals surface area contributed by atoms with Crippen molar-refractivity contribution in [2.24, 2.45) is 0 Å². The van der Waals surface area contributed by atoms with Crippen LogP contribution in [0.2, 0.25) is 5.02 Å². The minimum atomic E-state index is -0.476. The summed E-state index contributed by atoms with van der Waals surface area (Å²) in [7, 11) is 0. The third-order valence-corrected chi connectivity index (χ3v) is 4.21. The Morgan fingerprint density at radius 1 is 1.53 bits per heavy atom. The molecule has 0 spiro atoms. The van der Waals surface area contributed by atoms with Crippen LogP contribution < -0.4 is 0 Å². The second-order valence-corrected chi connectivity index (χ2v) is 5.79. The van der Waals surface area contributed by atoms with Crippen LogP contribution in [0.1, 0.15) is 25.8 Å². The molecule has 0 aliphatic rings. The number of thioether (sulfide) groups is 1. The Labute approximate surface area is 111 Å². The molecule has 0 aromatic heterocycles. The van der Waals surface area contributed by atoms with Crippen molar-refractivity contribution in [2.75, 3.05) is 5.75 Å². The van der Waals surface area contributed by atoms with Crippen molar-refractivity contribution in [1.29, 1.82) is 0 Å². The van der Waals surface area contributed by atoms with Gasteiger partial charge in [-0.3, -0.25) is 4.79 Å². The molecule has 0 aliphatic carbocycles. The minimum absolute atomic E-state index is 0.0384. The topological polar surface area (TPSA) is 17.1 Å². The SMILES string of the molecule is CCC(C)SCC(=O)Cc1cccc(Cl)c1F. The molecule has 0 radical (unpaired) electrons. The van der Waals surface area contributed by atoms with E-state index in [-0.39, 0.29) is 17.2 Å². The lowest BCUT2D eigenvalue weighted by atomic mass is 10.1. The fourth-order valence-electron chi connectivity index (χ4n) is 1.30. The van der Waals surface area contributed by atoms with E-state index in [4.69, 9.17) is 11.6 Å². The van der Waals surface area contributed by atoms with Crippen molar-refractivity contribution in [1.82, 2.24) is 0 Å². The van der Waals surface area contributed by atoms with Crippen molar-refractivity contribution in [3.8, 4) is 0 Å². The zero-order valence-electron chi connectivity index (χ0n) is 10.0. The van der Waals surface area contributed by atoms with Crippen LogP contribution in [0.15, 0.2) is 18.2 Å². The van der Waals surface area contributed by atoms with Gasteiger partial charge >= 0.3 is 0 Å². The smallest absolute Gasteiger partial charge is 0.147 e. The molecule has 1 aromatic rings. The molecule has 0 N–H and O–H groups in total. The van der Waals surface area contributed by atoms with Gasteiger partial charge < -0.3 is 0 Å². The maximum absolute atomic E-state index is 13.5.